The van der Waals surface area contributed by atoms with Crippen LogP contribution >= 0.6 is 0 Å². The van der Waals surface area contributed by atoms with Crippen LogP contribution in [0.5, 0.6) is 0 Å². The molecule has 3 nitrogen and oxygen atoms in total. The molecule has 0 unspecified atom stereocenters. The summed E-state index contributed by atoms with van der Waals surface area (Å²) in [4.78, 5) is 13.6. The average molecular weight is 255 g/mol. The van der Waals surface area contributed by atoms with Crippen LogP contribution in [0.25, 0.3) is 0 Å². The number of ether oxygens (including phenoxy) is 1. The Bertz CT molecular complexity index is 545. The van der Waals surface area contributed by atoms with Gasteiger partial charge in [-0.1, -0.05) is 18.2 Å². The Hall–Kier alpha value is -2.29. The number of likely N-dealkylation sites (N-methyl/N-ethyl adjacent to an activating group) is 1. The van der Waals surface area contributed by atoms with Gasteiger partial charge in [0.2, 0.25) is 5.78 Å². The van der Waals surface area contributed by atoms with Crippen molar-refractivity contribution in [2.75, 3.05) is 13.7 Å². The third kappa shape index (κ3) is 3.35. The summed E-state index contributed by atoms with van der Waals surface area (Å²) in [5.41, 5.74) is 2.04. The van der Waals surface area contributed by atoms with Crippen LogP contribution in [0, 0.1) is 0 Å². The summed E-state index contributed by atoms with van der Waals surface area (Å²) in [5.74, 6) is 0.325. The van der Waals surface area contributed by atoms with Crippen LogP contribution in [0.1, 0.15) is 6.92 Å². The van der Waals surface area contributed by atoms with Gasteiger partial charge in [0.1, 0.15) is 0 Å². The Morgan fingerprint density at radius 1 is 1.21 bits per heavy atom. The highest BCUT2D eigenvalue weighted by molar-refractivity contribution is 6.04. The molecule has 0 bridgehead atoms. The van der Waals surface area contributed by atoms with Gasteiger partial charge in [-0.2, -0.15) is 0 Å². The first-order valence-corrected chi connectivity index (χ1v) is 6.27. The van der Waals surface area contributed by atoms with Crippen LogP contribution in [0.2, 0.25) is 0 Å². The third-order valence-electron chi connectivity index (χ3n) is 2.81. The summed E-state index contributed by atoms with van der Waals surface area (Å²) in [7, 11) is 1.99. The zero-order valence-corrected chi connectivity index (χ0v) is 11.2. The molecular weight excluding hydrogens is 238 g/mol. The van der Waals surface area contributed by atoms with Crippen molar-refractivity contribution in [2.45, 2.75) is 6.92 Å². The molecule has 0 spiro atoms. The smallest absolute Gasteiger partial charge is 0.220 e. The number of ketones is 1. The molecule has 0 N–H and O–H groups in total. The van der Waals surface area contributed by atoms with Crippen molar-refractivity contribution in [3.05, 3.63) is 71.8 Å². The molecule has 1 heterocycles. The number of hydrogen-bond acceptors (Lipinski definition) is 3. The molecule has 0 fully saturated rings. The van der Waals surface area contributed by atoms with Crippen LogP contribution in [-0.2, 0) is 9.53 Å². The molecule has 19 heavy (non-hydrogen) atoms. The summed E-state index contributed by atoms with van der Waals surface area (Å²) in [6.45, 7) is 2.36. The summed E-state index contributed by atoms with van der Waals surface area (Å²) in [5, 5.41) is 0. The Labute approximate surface area is 113 Å². The fourth-order valence-corrected chi connectivity index (χ4v) is 1.79. The molecule has 98 valence electrons. The number of nitrogens with zero attached hydrogens (tertiary/aromatic N) is 1. The molecule has 0 saturated carbocycles. The van der Waals surface area contributed by atoms with Gasteiger partial charge in [0.05, 0.1) is 6.61 Å². The second-order valence-corrected chi connectivity index (χ2v) is 4.21. The van der Waals surface area contributed by atoms with Gasteiger partial charge < -0.3 is 9.64 Å². The monoisotopic (exact) mass is 255 g/mol. The number of carbonyl (C=O) groups is 1. The molecule has 0 atom stereocenters. The second kappa shape index (κ2) is 6.05. The Balaban J connectivity index is 2.18. The van der Waals surface area contributed by atoms with E-state index in [1.807, 2.05) is 55.5 Å². The minimum atomic E-state index is -0.0794. The lowest BCUT2D eigenvalue weighted by Crippen LogP contribution is -2.10. The van der Waals surface area contributed by atoms with Gasteiger partial charge in [-0.25, -0.2) is 0 Å². The van der Waals surface area contributed by atoms with Crippen LogP contribution in [0.15, 0.2) is 71.8 Å². The molecule has 1 aliphatic carbocycles. The summed E-state index contributed by atoms with van der Waals surface area (Å²) >= 11 is 0. The van der Waals surface area contributed by atoms with Gasteiger partial charge in [0, 0.05) is 18.9 Å². The van der Waals surface area contributed by atoms with Crippen molar-refractivity contribution in [3.63, 3.8) is 0 Å². The maximum absolute atomic E-state index is 11.5. The predicted octanol–water partition coefficient (Wildman–Crippen LogP) is 2.87. The Kier molecular flexibility index (Phi) is 4.18. The highest BCUT2D eigenvalue weighted by atomic mass is 16.5. The maximum Gasteiger partial charge on any atom is 0.220 e. The van der Waals surface area contributed by atoms with E-state index in [1.54, 1.807) is 12.2 Å². The highest BCUT2D eigenvalue weighted by Gasteiger charge is 2.11. The van der Waals surface area contributed by atoms with E-state index in [9.17, 15) is 4.79 Å². The molecule has 0 aromatic heterocycles. The lowest BCUT2D eigenvalue weighted by atomic mass is 10.1. The molecular formula is C16H17NO2. The summed E-state index contributed by atoms with van der Waals surface area (Å²) < 4.78 is 5.30. The van der Waals surface area contributed by atoms with Crippen molar-refractivity contribution in [2.24, 2.45) is 0 Å². The second-order valence-electron chi connectivity index (χ2n) is 4.21. The van der Waals surface area contributed by atoms with Crippen LogP contribution in [0.4, 0.5) is 0 Å². The zero-order valence-electron chi connectivity index (χ0n) is 11.2. The van der Waals surface area contributed by atoms with E-state index in [4.69, 9.17) is 4.74 Å². The number of hydrogen-bond donors (Lipinski definition) is 0. The first-order valence-electron chi connectivity index (χ1n) is 6.27. The van der Waals surface area contributed by atoms with Gasteiger partial charge in [0.15, 0.2) is 5.76 Å². The van der Waals surface area contributed by atoms with Gasteiger partial charge >= 0.3 is 0 Å². The van der Waals surface area contributed by atoms with Gasteiger partial charge in [0.25, 0.3) is 0 Å². The SMILES string of the molecule is CCOC1=C/C(=C/C=C2/C=CC=CN2C)C=CC1=O. The lowest BCUT2D eigenvalue weighted by Gasteiger charge is -2.17. The molecule has 0 aromatic carbocycles. The van der Waals surface area contributed by atoms with Crippen molar-refractivity contribution >= 4 is 5.78 Å². The van der Waals surface area contributed by atoms with Crippen molar-refractivity contribution in [3.8, 4) is 0 Å². The fourth-order valence-electron chi connectivity index (χ4n) is 1.79. The summed E-state index contributed by atoms with van der Waals surface area (Å²) in [6.07, 6.45) is 17.1. The molecule has 2 aliphatic rings. The van der Waals surface area contributed by atoms with E-state index in [-0.39, 0.29) is 5.78 Å². The van der Waals surface area contributed by atoms with E-state index < -0.39 is 0 Å². The molecule has 0 radical (unpaired) electrons. The number of rotatable bonds is 3. The van der Waals surface area contributed by atoms with Crippen LogP contribution < -0.4 is 0 Å². The fraction of sp³-hybridized carbons (Fsp3) is 0.188. The normalized spacial score (nSPS) is 22.3. The number of carbonyl (C=O) groups excluding carboxylic acids is 1. The summed E-state index contributed by atoms with van der Waals surface area (Å²) in [6, 6.07) is 0. The average Bonchev–Trinajstić information content (AvgIpc) is 2.41. The minimum absolute atomic E-state index is 0.0794. The third-order valence-corrected chi connectivity index (χ3v) is 2.81. The predicted molar refractivity (Wildman–Crippen MR) is 76.1 cm³/mol. The van der Waals surface area contributed by atoms with E-state index in [0.29, 0.717) is 12.4 Å². The molecule has 3 heteroatoms. The van der Waals surface area contributed by atoms with E-state index in [0.717, 1.165) is 11.3 Å². The van der Waals surface area contributed by atoms with E-state index in [1.165, 1.54) is 6.08 Å². The first kappa shape index (κ1) is 13.1. The Morgan fingerprint density at radius 3 is 2.79 bits per heavy atom. The zero-order chi connectivity index (χ0) is 13.7. The largest absolute Gasteiger partial charge is 0.490 e. The van der Waals surface area contributed by atoms with Gasteiger partial charge in [-0.15, -0.1) is 0 Å². The molecule has 0 amide bonds. The molecule has 1 aliphatic heterocycles. The van der Waals surface area contributed by atoms with Gasteiger partial charge in [-0.05, 0) is 42.9 Å². The van der Waals surface area contributed by atoms with E-state index >= 15 is 0 Å². The standard InChI is InChI=1S/C16H17NO2/c1-3-19-16-12-13(8-10-15(16)18)7-9-14-6-4-5-11-17(14)2/h4-12H,3H2,1-2H3/b13-7+,14-9-. The van der Waals surface area contributed by atoms with Crippen LogP contribution in [-0.4, -0.2) is 24.3 Å². The van der Waals surface area contributed by atoms with Crippen LogP contribution in [0.3, 0.4) is 0 Å². The first-order chi connectivity index (χ1) is 9.20. The highest BCUT2D eigenvalue weighted by Crippen LogP contribution is 2.16. The minimum Gasteiger partial charge on any atom is -0.490 e. The quantitative estimate of drug-likeness (QED) is 0.776. The van der Waals surface area contributed by atoms with Crippen molar-refractivity contribution in [1.29, 1.82) is 0 Å². The molecule has 0 aromatic rings. The lowest BCUT2D eigenvalue weighted by molar-refractivity contribution is -0.114. The number of allylic oxidation sites excluding steroid dienone is 9. The topological polar surface area (TPSA) is 29.5 Å². The van der Waals surface area contributed by atoms with E-state index in [2.05, 4.69) is 0 Å². The van der Waals surface area contributed by atoms with Crippen molar-refractivity contribution in [1.82, 2.24) is 4.90 Å². The Morgan fingerprint density at radius 2 is 2.05 bits per heavy atom. The molecule has 0 saturated heterocycles. The maximum atomic E-state index is 11.5. The van der Waals surface area contributed by atoms with Crippen molar-refractivity contribution < 1.29 is 9.53 Å². The molecule has 2 rings (SSSR count). The van der Waals surface area contributed by atoms with Gasteiger partial charge in [-0.3, -0.25) is 4.79 Å².